The van der Waals surface area contributed by atoms with E-state index < -0.39 is 0 Å². The number of rotatable bonds is 3. The van der Waals surface area contributed by atoms with Crippen LogP contribution in [-0.4, -0.2) is 27.6 Å². The number of carbonyl (C=O) groups is 1. The van der Waals surface area contributed by atoms with Gasteiger partial charge in [0.1, 0.15) is 5.75 Å². The van der Waals surface area contributed by atoms with Crippen molar-refractivity contribution in [3.05, 3.63) is 52.9 Å². The van der Waals surface area contributed by atoms with Gasteiger partial charge < -0.3 is 14.9 Å². The Balaban J connectivity index is 1.90. The maximum absolute atomic E-state index is 12.6. The van der Waals surface area contributed by atoms with E-state index in [1.165, 1.54) is 28.8 Å². The molecule has 5 nitrogen and oxygen atoms in total. The summed E-state index contributed by atoms with van der Waals surface area (Å²) in [6.45, 7) is 0. The van der Waals surface area contributed by atoms with Crippen LogP contribution in [0.4, 0.5) is 5.69 Å². The van der Waals surface area contributed by atoms with Gasteiger partial charge in [0.15, 0.2) is 15.8 Å². The molecule has 1 aliphatic heterocycles. The monoisotopic (exact) mass is 359 g/mol. The Hall–Kier alpha value is -2.51. The molecule has 1 saturated heterocycles. The summed E-state index contributed by atoms with van der Waals surface area (Å²) in [4.78, 5) is 14.5. The van der Waals surface area contributed by atoms with Crippen molar-refractivity contribution in [1.29, 1.82) is 0 Å². The SMILES string of the molecule is COc1ccc(N2C(=O)/C(=C/c3ccc(O)c(O)c3)SC2=S)cc1. The predicted molar refractivity (Wildman–Crippen MR) is 98.4 cm³/mol. The lowest BCUT2D eigenvalue weighted by molar-refractivity contribution is -0.113. The first-order valence-electron chi connectivity index (χ1n) is 6.93. The van der Waals surface area contributed by atoms with Crippen LogP contribution in [0.2, 0.25) is 0 Å². The van der Waals surface area contributed by atoms with Gasteiger partial charge in [-0.15, -0.1) is 0 Å². The second-order valence-corrected chi connectivity index (χ2v) is 6.64. The van der Waals surface area contributed by atoms with Crippen LogP contribution in [0.25, 0.3) is 6.08 Å². The number of methoxy groups -OCH3 is 1. The topological polar surface area (TPSA) is 70.0 Å². The summed E-state index contributed by atoms with van der Waals surface area (Å²) in [6, 6.07) is 11.4. The first-order valence-corrected chi connectivity index (χ1v) is 8.16. The highest BCUT2D eigenvalue weighted by Gasteiger charge is 2.33. The van der Waals surface area contributed by atoms with Crippen molar-refractivity contribution >= 4 is 46.0 Å². The Bertz CT molecular complexity index is 846. The van der Waals surface area contributed by atoms with Crippen LogP contribution in [0.3, 0.4) is 0 Å². The fraction of sp³-hybridized carbons (Fsp3) is 0.0588. The van der Waals surface area contributed by atoms with Crippen LogP contribution in [0, 0.1) is 0 Å². The zero-order valence-electron chi connectivity index (χ0n) is 12.6. The molecule has 0 radical (unpaired) electrons. The number of benzene rings is 2. The lowest BCUT2D eigenvalue weighted by Crippen LogP contribution is -2.27. The third-order valence-corrected chi connectivity index (χ3v) is 4.72. The summed E-state index contributed by atoms with van der Waals surface area (Å²) in [5.41, 5.74) is 1.26. The second kappa shape index (κ2) is 6.54. The number of nitrogens with zero attached hydrogens (tertiary/aromatic N) is 1. The number of anilines is 1. The van der Waals surface area contributed by atoms with Crippen molar-refractivity contribution in [2.24, 2.45) is 0 Å². The van der Waals surface area contributed by atoms with E-state index in [2.05, 4.69) is 0 Å². The maximum Gasteiger partial charge on any atom is 0.270 e. The molecular formula is C17H13NO4S2. The van der Waals surface area contributed by atoms with Crippen molar-refractivity contribution in [3.63, 3.8) is 0 Å². The molecule has 1 amide bonds. The molecule has 2 aromatic carbocycles. The predicted octanol–water partition coefficient (Wildman–Crippen LogP) is 3.51. The number of carbonyl (C=O) groups excluding carboxylic acids is 1. The lowest BCUT2D eigenvalue weighted by Gasteiger charge is -2.14. The first-order chi connectivity index (χ1) is 11.5. The number of phenolic OH excluding ortho intramolecular Hbond substituents is 2. The van der Waals surface area contributed by atoms with Crippen LogP contribution < -0.4 is 9.64 Å². The first kappa shape index (κ1) is 16.4. The van der Waals surface area contributed by atoms with E-state index in [-0.39, 0.29) is 17.4 Å². The molecule has 24 heavy (non-hydrogen) atoms. The Morgan fingerprint density at radius 2 is 1.83 bits per heavy atom. The van der Waals surface area contributed by atoms with Crippen LogP contribution in [0.15, 0.2) is 47.4 Å². The minimum atomic E-state index is -0.241. The molecule has 0 spiro atoms. The van der Waals surface area contributed by atoms with Crippen molar-refractivity contribution in [2.75, 3.05) is 12.0 Å². The van der Waals surface area contributed by atoms with Gasteiger partial charge in [-0.1, -0.05) is 30.0 Å². The Labute approximate surface area is 148 Å². The van der Waals surface area contributed by atoms with Gasteiger partial charge in [-0.3, -0.25) is 9.69 Å². The number of amides is 1. The van der Waals surface area contributed by atoms with E-state index in [1.54, 1.807) is 43.5 Å². The molecule has 2 aromatic rings. The van der Waals surface area contributed by atoms with E-state index in [0.29, 0.717) is 26.2 Å². The van der Waals surface area contributed by atoms with E-state index in [4.69, 9.17) is 17.0 Å². The summed E-state index contributed by atoms with van der Waals surface area (Å²) in [5.74, 6) is 0.00866. The number of aromatic hydroxyl groups is 2. The van der Waals surface area contributed by atoms with E-state index in [0.717, 1.165) is 0 Å². The quantitative estimate of drug-likeness (QED) is 0.496. The fourth-order valence-corrected chi connectivity index (χ4v) is 3.50. The second-order valence-electron chi connectivity index (χ2n) is 4.96. The smallest absolute Gasteiger partial charge is 0.270 e. The van der Waals surface area contributed by atoms with Gasteiger partial charge >= 0.3 is 0 Å². The van der Waals surface area contributed by atoms with E-state index in [1.807, 2.05) is 0 Å². The highest BCUT2D eigenvalue weighted by Crippen LogP contribution is 2.37. The maximum atomic E-state index is 12.6. The van der Waals surface area contributed by atoms with Gasteiger partial charge in [-0.25, -0.2) is 0 Å². The van der Waals surface area contributed by atoms with Crippen molar-refractivity contribution in [3.8, 4) is 17.2 Å². The molecule has 1 fully saturated rings. The number of thiocarbonyl (C=S) groups is 1. The minimum Gasteiger partial charge on any atom is -0.504 e. The highest BCUT2D eigenvalue weighted by atomic mass is 32.2. The lowest BCUT2D eigenvalue weighted by atomic mass is 10.2. The molecule has 2 N–H and O–H groups in total. The van der Waals surface area contributed by atoms with Crippen LogP contribution in [-0.2, 0) is 4.79 Å². The highest BCUT2D eigenvalue weighted by molar-refractivity contribution is 8.27. The fourth-order valence-electron chi connectivity index (χ4n) is 2.20. The zero-order chi connectivity index (χ0) is 17.3. The molecule has 0 atom stereocenters. The summed E-state index contributed by atoms with van der Waals surface area (Å²) in [5, 5.41) is 18.9. The van der Waals surface area contributed by atoms with Gasteiger partial charge in [-0.2, -0.15) is 0 Å². The third-order valence-electron chi connectivity index (χ3n) is 3.42. The molecule has 0 saturated carbocycles. The summed E-state index contributed by atoms with van der Waals surface area (Å²) >= 11 is 6.49. The minimum absolute atomic E-state index is 0.210. The van der Waals surface area contributed by atoms with E-state index in [9.17, 15) is 15.0 Å². The summed E-state index contributed by atoms with van der Waals surface area (Å²) < 4.78 is 5.54. The molecule has 7 heteroatoms. The van der Waals surface area contributed by atoms with Gasteiger partial charge in [-0.05, 0) is 48.0 Å². The molecule has 1 heterocycles. The van der Waals surface area contributed by atoms with Crippen LogP contribution >= 0.6 is 24.0 Å². The molecule has 0 aliphatic carbocycles. The number of thioether (sulfide) groups is 1. The molecule has 0 bridgehead atoms. The Morgan fingerprint density at radius 3 is 2.46 bits per heavy atom. The van der Waals surface area contributed by atoms with Gasteiger partial charge in [0.2, 0.25) is 0 Å². The largest absolute Gasteiger partial charge is 0.504 e. The number of ether oxygens (including phenoxy) is 1. The standard InChI is InChI=1S/C17H13NO4S2/c1-22-12-5-3-11(4-6-12)18-16(21)15(24-17(18)23)9-10-2-7-13(19)14(20)8-10/h2-9,19-20H,1H3/b15-9-. The summed E-state index contributed by atoms with van der Waals surface area (Å²) in [7, 11) is 1.57. The van der Waals surface area contributed by atoms with Crippen molar-refractivity contribution in [1.82, 2.24) is 0 Å². The number of phenols is 2. The third kappa shape index (κ3) is 3.08. The zero-order valence-corrected chi connectivity index (χ0v) is 14.2. The Morgan fingerprint density at radius 1 is 1.12 bits per heavy atom. The van der Waals surface area contributed by atoms with Crippen LogP contribution in [0.5, 0.6) is 17.2 Å². The molecule has 3 rings (SSSR count). The van der Waals surface area contributed by atoms with Crippen molar-refractivity contribution in [2.45, 2.75) is 0 Å². The normalized spacial score (nSPS) is 16.0. The molecular weight excluding hydrogens is 346 g/mol. The summed E-state index contributed by atoms with van der Waals surface area (Å²) in [6.07, 6.45) is 1.63. The van der Waals surface area contributed by atoms with Gasteiger partial charge in [0.25, 0.3) is 5.91 Å². The van der Waals surface area contributed by atoms with Gasteiger partial charge in [0, 0.05) is 0 Å². The number of hydrogen-bond donors (Lipinski definition) is 2. The van der Waals surface area contributed by atoms with E-state index >= 15 is 0 Å². The average Bonchev–Trinajstić information content (AvgIpc) is 2.85. The van der Waals surface area contributed by atoms with Crippen molar-refractivity contribution < 1.29 is 19.7 Å². The molecule has 1 aliphatic rings. The Kier molecular flexibility index (Phi) is 4.46. The van der Waals surface area contributed by atoms with Gasteiger partial charge in [0.05, 0.1) is 17.7 Å². The number of hydrogen-bond acceptors (Lipinski definition) is 6. The average molecular weight is 359 g/mol. The van der Waals surface area contributed by atoms with Crippen LogP contribution in [0.1, 0.15) is 5.56 Å². The molecule has 0 aromatic heterocycles. The molecule has 0 unspecified atom stereocenters. The molecule has 122 valence electrons.